The fourth-order valence-electron chi connectivity index (χ4n) is 8.72. The van der Waals surface area contributed by atoms with E-state index in [9.17, 15) is 24.6 Å². The van der Waals surface area contributed by atoms with E-state index in [4.69, 9.17) is 37.9 Å². The number of ether oxygens (including phenoxy) is 8. The Kier molecular flexibility index (Phi) is 17.6. The lowest BCUT2D eigenvalue weighted by Gasteiger charge is -2.48. The van der Waals surface area contributed by atoms with Gasteiger partial charge in [-0.2, -0.15) is 0 Å². The van der Waals surface area contributed by atoms with E-state index in [-0.39, 0.29) is 37.3 Å². The number of nitrogens with one attached hydrogen (secondary N) is 1. The number of methoxy groups -OCH3 is 4. The van der Waals surface area contributed by atoms with E-state index in [0.717, 1.165) is 5.56 Å². The Labute approximate surface area is 339 Å². The molecule has 15 nitrogen and oxygen atoms in total. The Bertz CT molecular complexity index is 1470. The molecule has 2 aliphatic rings. The molecule has 0 saturated carbocycles. The number of Topliss-reactive ketones (excluding diaryl/α,β-unsaturated/α-hetero) is 1. The van der Waals surface area contributed by atoms with Gasteiger partial charge in [0.05, 0.1) is 44.1 Å². The van der Waals surface area contributed by atoms with Crippen LogP contribution in [0.5, 0.6) is 11.5 Å². The highest BCUT2D eigenvalue weighted by atomic mass is 16.7. The molecule has 2 aliphatic heterocycles. The van der Waals surface area contributed by atoms with E-state index in [2.05, 4.69) is 5.32 Å². The van der Waals surface area contributed by atoms with Gasteiger partial charge in [0.15, 0.2) is 17.8 Å². The number of hydrogen-bond acceptors (Lipinski definition) is 14. The van der Waals surface area contributed by atoms with Gasteiger partial charge >= 0.3 is 12.1 Å². The topological polar surface area (TPSA) is 181 Å². The number of ketones is 1. The SMILES string of the molecule is CC[C@H]1OC(=O)[C@H](C)[C@@H](OC(=O)NCCc2ccc(OC)c(OC)c2)[C@H](C)[C@@H](O[C@@H]2O[C@H](C)C[C@H](N(C)C)[C@H]2O)[C@](C)(OC)C[C@@H](C)C(=O)[C@H](C)[C@@H](OC)[C@]1(C)O. The van der Waals surface area contributed by atoms with Crippen molar-refractivity contribution in [1.82, 2.24) is 10.2 Å². The maximum absolute atomic E-state index is 14.2. The molecule has 3 N–H and O–H groups in total. The van der Waals surface area contributed by atoms with E-state index >= 15 is 0 Å². The third-order valence-corrected chi connectivity index (χ3v) is 12.1. The van der Waals surface area contributed by atoms with Crippen molar-refractivity contribution in [3.8, 4) is 11.5 Å². The molecule has 57 heavy (non-hydrogen) atoms. The predicted octanol–water partition coefficient (Wildman–Crippen LogP) is 4.16. The number of rotatable bonds is 12. The molecule has 1 aromatic carbocycles. The largest absolute Gasteiger partial charge is 0.493 e. The van der Waals surface area contributed by atoms with Crippen LogP contribution in [0.25, 0.3) is 0 Å². The van der Waals surface area contributed by atoms with Gasteiger partial charge in [-0.05, 0) is 85.2 Å². The number of alkyl carbamates (subject to hydrolysis) is 1. The second-order valence-corrected chi connectivity index (χ2v) is 16.5. The summed E-state index contributed by atoms with van der Waals surface area (Å²) < 4.78 is 48.0. The fourth-order valence-corrected chi connectivity index (χ4v) is 8.72. The maximum atomic E-state index is 14.2. The van der Waals surface area contributed by atoms with Crippen LogP contribution in [-0.2, 0) is 44.4 Å². The minimum atomic E-state index is -1.77. The number of cyclic esters (lactones) is 1. The van der Waals surface area contributed by atoms with Crippen molar-refractivity contribution >= 4 is 17.8 Å². The van der Waals surface area contributed by atoms with Crippen molar-refractivity contribution < 1.29 is 62.5 Å². The third kappa shape index (κ3) is 11.4. The van der Waals surface area contributed by atoms with Gasteiger partial charge in [0, 0.05) is 44.6 Å². The van der Waals surface area contributed by atoms with Crippen molar-refractivity contribution in [2.24, 2.45) is 23.7 Å². The lowest BCUT2D eigenvalue weighted by atomic mass is 9.73. The quantitative estimate of drug-likeness (QED) is 0.256. The molecule has 2 saturated heterocycles. The van der Waals surface area contributed by atoms with Crippen LogP contribution >= 0.6 is 0 Å². The monoisotopic (exact) mass is 810 g/mol. The third-order valence-electron chi connectivity index (χ3n) is 12.1. The summed E-state index contributed by atoms with van der Waals surface area (Å²) in [5.41, 5.74) is -2.17. The molecular weight excluding hydrogens is 740 g/mol. The molecule has 3 rings (SSSR count). The summed E-state index contributed by atoms with van der Waals surface area (Å²) in [7, 11) is 9.74. The zero-order valence-electron chi connectivity index (χ0n) is 36.5. The molecule has 2 fully saturated rings. The van der Waals surface area contributed by atoms with Crippen LogP contribution in [0.4, 0.5) is 4.79 Å². The van der Waals surface area contributed by atoms with Crippen LogP contribution in [-0.4, -0.2) is 142 Å². The van der Waals surface area contributed by atoms with Crippen LogP contribution < -0.4 is 14.8 Å². The Hall–Kier alpha value is -3.05. The van der Waals surface area contributed by atoms with Gasteiger partial charge in [0.25, 0.3) is 0 Å². The summed E-state index contributed by atoms with van der Waals surface area (Å²) in [5, 5.41) is 26.3. The summed E-state index contributed by atoms with van der Waals surface area (Å²) >= 11 is 0. The molecule has 0 aromatic heterocycles. The van der Waals surface area contributed by atoms with Gasteiger partial charge in [-0.1, -0.05) is 33.8 Å². The van der Waals surface area contributed by atoms with Crippen LogP contribution in [0.1, 0.15) is 80.2 Å². The van der Waals surface area contributed by atoms with Crippen LogP contribution in [0.2, 0.25) is 0 Å². The van der Waals surface area contributed by atoms with Gasteiger partial charge in [0.1, 0.15) is 29.7 Å². The number of nitrogens with zero attached hydrogens (tertiary/aromatic N) is 1. The first-order chi connectivity index (χ1) is 26.7. The molecule has 0 radical (unpaired) electrons. The van der Waals surface area contributed by atoms with E-state index in [1.807, 2.05) is 38.1 Å². The number of hydrogen-bond donors (Lipinski definition) is 3. The summed E-state index contributed by atoms with van der Waals surface area (Å²) in [6, 6.07) is 5.16. The zero-order valence-corrected chi connectivity index (χ0v) is 36.5. The van der Waals surface area contributed by atoms with Crippen LogP contribution in [0.15, 0.2) is 18.2 Å². The first-order valence-electron chi connectivity index (χ1n) is 20.1. The highest BCUT2D eigenvalue weighted by molar-refractivity contribution is 5.83. The first kappa shape index (κ1) is 48.3. The highest BCUT2D eigenvalue weighted by Crippen LogP contribution is 2.40. The molecule has 2 heterocycles. The number of carbonyl (C=O) groups is 3. The standard InChI is InChI=1S/C42H70N2O13/c1-15-32-42(8,49)37(52-13)25(4)33(45)23(2)22-41(7,53-14)36(57-39-34(46)29(44(9)10)20-24(3)54-39)26(5)35(27(6)38(47)55-32)56-40(48)43-19-18-28-16-17-30(50-11)31(21-28)51-12/h16-17,21,23-27,29,32,34-37,39,46,49H,15,18-20,22H2,1-14H3,(H,43,48)/t23-,24-,25+,26+,27-,29+,32-,34-,35+,36-,37-,39+,41-,42-/m1/s1. The number of esters is 1. The maximum Gasteiger partial charge on any atom is 0.407 e. The van der Waals surface area contributed by atoms with Crippen molar-refractivity contribution in [3.05, 3.63) is 23.8 Å². The van der Waals surface area contributed by atoms with E-state index < -0.39 is 83.7 Å². The molecule has 1 amide bonds. The molecule has 14 atom stereocenters. The van der Waals surface area contributed by atoms with Gasteiger partial charge in [-0.15, -0.1) is 0 Å². The van der Waals surface area contributed by atoms with E-state index in [1.54, 1.807) is 61.8 Å². The first-order valence-corrected chi connectivity index (χ1v) is 20.1. The number of likely N-dealkylation sites (N-methyl/N-ethyl adjacent to an activating group) is 1. The molecule has 0 aliphatic carbocycles. The number of aliphatic hydroxyl groups excluding tert-OH is 1. The Morgan fingerprint density at radius 2 is 1.63 bits per heavy atom. The number of aliphatic hydroxyl groups is 2. The van der Waals surface area contributed by atoms with E-state index in [0.29, 0.717) is 24.3 Å². The predicted molar refractivity (Wildman–Crippen MR) is 212 cm³/mol. The van der Waals surface area contributed by atoms with Gasteiger partial charge in [0.2, 0.25) is 0 Å². The van der Waals surface area contributed by atoms with Gasteiger partial charge in [-0.3, -0.25) is 9.59 Å². The Morgan fingerprint density at radius 3 is 2.19 bits per heavy atom. The Morgan fingerprint density at radius 1 is 0.982 bits per heavy atom. The second-order valence-electron chi connectivity index (χ2n) is 16.5. The average molecular weight is 811 g/mol. The van der Waals surface area contributed by atoms with E-state index in [1.165, 1.54) is 21.1 Å². The number of carbonyl (C=O) groups excluding carboxylic acids is 3. The molecule has 0 spiro atoms. The minimum Gasteiger partial charge on any atom is -0.493 e. The summed E-state index contributed by atoms with van der Waals surface area (Å²) in [6.07, 6.45) is -6.32. The van der Waals surface area contributed by atoms with Crippen molar-refractivity contribution in [1.29, 1.82) is 0 Å². The minimum absolute atomic E-state index is 0.121. The van der Waals surface area contributed by atoms with Gasteiger partial charge in [-0.25, -0.2) is 4.79 Å². The van der Waals surface area contributed by atoms with Crippen molar-refractivity contribution in [2.45, 2.75) is 141 Å². The number of amides is 1. The second kappa shape index (κ2) is 20.8. The Balaban J connectivity index is 2.11. The lowest BCUT2D eigenvalue weighted by Crippen LogP contribution is -2.61. The van der Waals surface area contributed by atoms with Gasteiger partial charge < -0.3 is 58.3 Å². The molecule has 326 valence electrons. The molecular formula is C42H70N2O13. The molecule has 15 heteroatoms. The molecule has 1 aromatic rings. The fraction of sp³-hybridized carbons (Fsp3) is 0.786. The summed E-state index contributed by atoms with van der Waals surface area (Å²) in [6.45, 7) is 14.0. The van der Waals surface area contributed by atoms with Crippen LogP contribution in [0, 0.1) is 23.7 Å². The molecule has 0 unspecified atom stereocenters. The smallest absolute Gasteiger partial charge is 0.407 e. The molecule has 0 bridgehead atoms. The lowest BCUT2D eigenvalue weighted by molar-refractivity contribution is -0.301. The summed E-state index contributed by atoms with van der Waals surface area (Å²) in [5.74, 6) is -3.21. The highest BCUT2D eigenvalue weighted by Gasteiger charge is 2.53. The average Bonchev–Trinajstić information content (AvgIpc) is 3.17. The van der Waals surface area contributed by atoms with Crippen LogP contribution in [0.3, 0.4) is 0 Å². The van der Waals surface area contributed by atoms with Crippen molar-refractivity contribution in [3.63, 3.8) is 0 Å². The normalized spacial score (nSPS) is 37.2. The summed E-state index contributed by atoms with van der Waals surface area (Å²) in [4.78, 5) is 44.0. The zero-order chi connectivity index (χ0) is 43.0. The number of benzene rings is 1. The van der Waals surface area contributed by atoms with Crippen molar-refractivity contribution in [2.75, 3.05) is 49.1 Å².